The van der Waals surface area contributed by atoms with Crippen molar-refractivity contribution in [2.75, 3.05) is 0 Å². The van der Waals surface area contributed by atoms with Gasteiger partial charge < -0.3 is 0 Å². The number of nitrogens with zero attached hydrogens (tertiary/aromatic N) is 1. The van der Waals surface area contributed by atoms with Crippen molar-refractivity contribution in [2.24, 2.45) is 0 Å². The summed E-state index contributed by atoms with van der Waals surface area (Å²) >= 11 is 7.24. The van der Waals surface area contributed by atoms with E-state index in [-0.39, 0.29) is 0 Å². The Morgan fingerprint density at radius 3 is 2.50 bits per heavy atom. The van der Waals surface area contributed by atoms with E-state index in [1.54, 1.807) is 0 Å². The first-order valence-corrected chi connectivity index (χ1v) is 5.75. The van der Waals surface area contributed by atoms with E-state index in [1.165, 1.54) is 16.9 Å². The number of halogens is 1. The van der Waals surface area contributed by atoms with Crippen molar-refractivity contribution < 1.29 is 0 Å². The van der Waals surface area contributed by atoms with E-state index in [4.69, 9.17) is 11.6 Å². The minimum Gasteiger partial charge on any atom is -0.225 e. The fraction of sp³-hybridized carbons (Fsp3) is 0.182. The van der Waals surface area contributed by atoms with Gasteiger partial charge in [-0.05, 0) is 12.0 Å². The van der Waals surface area contributed by atoms with Gasteiger partial charge in [-0.1, -0.05) is 42.8 Å². The van der Waals surface area contributed by atoms with Gasteiger partial charge in [0.15, 0.2) is 4.47 Å². The summed E-state index contributed by atoms with van der Waals surface area (Å²) in [5.74, 6) is 0. The van der Waals surface area contributed by atoms with Crippen LogP contribution in [0.5, 0.6) is 0 Å². The highest BCUT2D eigenvalue weighted by Crippen LogP contribution is 2.24. The first-order chi connectivity index (χ1) is 6.79. The molecule has 0 saturated carbocycles. The lowest BCUT2D eigenvalue weighted by molar-refractivity contribution is 1.14. The quantitative estimate of drug-likeness (QED) is 0.749. The Bertz CT molecular complexity index is 419. The zero-order valence-corrected chi connectivity index (χ0v) is 9.40. The van der Waals surface area contributed by atoms with Crippen LogP contribution in [0.1, 0.15) is 12.5 Å². The van der Waals surface area contributed by atoms with Crippen molar-refractivity contribution in [3.63, 3.8) is 0 Å². The topological polar surface area (TPSA) is 12.9 Å². The maximum Gasteiger partial charge on any atom is 0.184 e. The fourth-order valence-corrected chi connectivity index (χ4v) is 2.07. The fourth-order valence-electron chi connectivity index (χ4n) is 1.30. The summed E-state index contributed by atoms with van der Waals surface area (Å²) < 4.78 is 0.597. The summed E-state index contributed by atoms with van der Waals surface area (Å²) in [5.41, 5.74) is 3.43. The van der Waals surface area contributed by atoms with Crippen LogP contribution in [0.15, 0.2) is 29.6 Å². The third kappa shape index (κ3) is 1.97. The third-order valence-electron chi connectivity index (χ3n) is 2.13. The van der Waals surface area contributed by atoms with Crippen LogP contribution < -0.4 is 0 Å². The molecular formula is C11H10ClNS. The van der Waals surface area contributed by atoms with Crippen molar-refractivity contribution >= 4 is 22.9 Å². The molecule has 0 N–H and O–H groups in total. The molecule has 0 aliphatic rings. The van der Waals surface area contributed by atoms with Crippen LogP contribution in [0.4, 0.5) is 0 Å². The maximum absolute atomic E-state index is 5.78. The van der Waals surface area contributed by atoms with Crippen LogP contribution in [0, 0.1) is 0 Å². The Hall–Kier alpha value is -0.860. The van der Waals surface area contributed by atoms with Gasteiger partial charge >= 0.3 is 0 Å². The molecule has 2 aromatic rings. The lowest BCUT2D eigenvalue weighted by atomic mass is 10.1. The first kappa shape index (κ1) is 9.69. The summed E-state index contributed by atoms with van der Waals surface area (Å²) in [6.07, 6.45) is 1.07. The van der Waals surface area contributed by atoms with Crippen LogP contribution in [0.3, 0.4) is 0 Å². The number of aromatic nitrogens is 1. The average molecular weight is 224 g/mol. The second-order valence-electron chi connectivity index (χ2n) is 3.04. The molecule has 14 heavy (non-hydrogen) atoms. The molecule has 1 nitrogen and oxygen atoms in total. The number of rotatable bonds is 2. The number of hydrogen-bond donors (Lipinski definition) is 0. The molecule has 1 aromatic heterocycles. The highest BCUT2D eigenvalue weighted by molar-refractivity contribution is 7.14. The molecule has 1 aromatic carbocycles. The van der Waals surface area contributed by atoms with E-state index < -0.39 is 0 Å². The van der Waals surface area contributed by atoms with Crippen molar-refractivity contribution in [1.29, 1.82) is 0 Å². The second kappa shape index (κ2) is 4.11. The van der Waals surface area contributed by atoms with Crippen molar-refractivity contribution in [1.82, 2.24) is 4.98 Å². The minimum absolute atomic E-state index is 0.597. The molecule has 72 valence electrons. The summed E-state index contributed by atoms with van der Waals surface area (Å²) in [6, 6.07) is 8.43. The van der Waals surface area contributed by atoms with E-state index in [0.29, 0.717) is 4.47 Å². The van der Waals surface area contributed by atoms with Gasteiger partial charge in [-0.3, -0.25) is 0 Å². The zero-order valence-electron chi connectivity index (χ0n) is 7.83. The van der Waals surface area contributed by atoms with Gasteiger partial charge in [0.2, 0.25) is 0 Å². The number of thiazole rings is 1. The Kier molecular flexibility index (Phi) is 2.85. The molecule has 0 aliphatic heterocycles. The largest absolute Gasteiger partial charge is 0.225 e. The van der Waals surface area contributed by atoms with Crippen molar-refractivity contribution in [3.05, 3.63) is 39.7 Å². The molecule has 1 heterocycles. The lowest BCUT2D eigenvalue weighted by Crippen LogP contribution is -1.81. The third-order valence-corrected chi connectivity index (χ3v) is 3.11. The summed E-state index contributed by atoms with van der Waals surface area (Å²) in [5, 5.41) is 1.98. The Morgan fingerprint density at radius 1 is 1.29 bits per heavy atom. The molecule has 0 fully saturated rings. The van der Waals surface area contributed by atoms with Crippen LogP contribution in [0.2, 0.25) is 4.47 Å². The van der Waals surface area contributed by atoms with Gasteiger partial charge in [-0.15, -0.1) is 11.3 Å². The number of benzene rings is 1. The van der Waals surface area contributed by atoms with E-state index in [0.717, 1.165) is 17.7 Å². The monoisotopic (exact) mass is 223 g/mol. The van der Waals surface area contributed by atoms with Crippen LogP contribution in [-0.2, 0) is 6.42 Å². The Labute approximate surface area is 92.4 Å². The maximum atomic E-state index is 5.78. The number of hydrogen-bond acceptors (Lipinski definition) is 2. The van der Waals surface area contributed by atoms with Gasteiger partial charge in [-0.25, -0.2) is 4.98 Å². The van der Waals surface area contributed by atoms with Crippen LogP contribution >= 0.6 is 22.9 Å². The molecule has 0 radical (unpaired) electrons. The van der Waals surface area contributed by atoms with E-state index in [2.05, 4.69) is 36.2 Å². The summed E-state index contributed by atoms with van der Waals surface area (Å²) in [7, 11) is 0. The van der Waals surface area contributed by atoms with E-state index in [9.17, 15) is 0 Å². The number of aryl methyl sites for hydroxylation is 1. The molecule has 0 unspecified atom stereocenters. The molecule has 3 heteroatoms. The Balaban J connectivity index is 2.33. The highest BCUT2D eigenvalue weighted by Gasteiger charge is 2.01. The average Bonchev–Trinajstić information content (AvgIpc) is 2.65. The van der Waals surface area contributed by atoms with Gasteiger partial charge in [0.25, 0.3) is 0 Å². The SMILES string of the molecule is CCc1ccc(-c2csc(Cl)n2)cc1. The molecule has 0 amide bonds. The molecule has 0 aliphatic carbocycles. The van der Waals surface area contributed by atoms with Gasteiger partial charge in [-0.2, -0.15) is 0 Å². The normalized spacial score (nSPS) is 10.4. The van der Waals surface area contributed by atoms with Gasteiger partial charge in [0, 0.05) is 10.9 Å². The van der Waals surface area contributed by atoms with Crippen molar-refractivity contribution in [2.45, 2.75) is 13.3 Å². The van der Waals surface area contributed by atoms with E-state index in [1.807, 2.05) is 5.38 Å². The lowest BCUT2D eigenvalue weighted by Gasteiger charge is -1.98. The van der Waals surface area contributed by atoms with Gasteiger partial charge in [0.1, 0.15) is 0 Å². The van der Waals surface area contributed by atoms with E-state index >= 15 is 0 Å². The minimum atomic E-state index is 0.597. The zero-order chi connectivity index (χ0) is 9.97. The highest BCUT2D eigenvalue weighted by atomic mass is 35.5. The van der Waals surface area contributed by atoms with Crippen molar-refractivity contribution in [3.8, 4) is 11.3 Å². The van der Waals surface area contributed by atoms with Gasteiger partial charge in [0.05, 0.1) is 5.69 Å². The van der Waals surface area contributed by atoms with Crippen LogP contribution in [0.25, 0.3) is 11.3 Å². The molecular weight excluding hydrogens is 214 g/mol. The predicted octanol–water partition coefficient (Wildman–Crippen LogP) is 4.03. The molecule has 0 saturated heterocycles. The molecule has 0 bridgehead atoms. The Morgan fingerprint density at radius 2 is 2.00 bits per heavy atom. The molecule has 0 atom stereocenters. The summed E-state index contributed by atoms with van der Waals surface area (Å²) in [4.78, 5) is 4.22. The molecule has 2 rings (SSSR count). The molecule has 0 spiro atoms. The van der Waals surface area contributed by atoms with Crippen LogP contribution in [-0.4, -0.2) is 4.98 Å². The predicted molar refractivity (Wildman–Crippen MR) is 61.9 cm³/mol. The standard InChI is InChI=1S/C11H10ClNS/c1-2-8-3-5-9(6-4-8)10-7-14-11(12)13-10/h3-7H,2H2,1H3. The smallest absolute Gasteiger partial charge is 0.184 e. The second-order valence-corrected chi connectivity index (χ2v) is 4.48. The summed E-state index contributed by atoms with van der Waals surface area (Å²) in [6.45, 7) is 2.15. The first-order valence-electron chi connectivity index (χ1n) is 4.50.